The predicted octanol–water partition coefficient (Wildman–Crippen LogP) is 5.10. The number of carbonyl (C=O) groups is 1. The Balaban J connectivity index is 1.31. The average molecular weight is 348 g/mol. The number of carbonyl (C=O) groups excluding carboxylic acids is 1. The molecule has 4 aliphatic rings. The molecule has 2 aromatic rings. The van der Waals surface area contributed by atoms with Gasteiger partial charge in [0.05, 0.1) is 6.42 Å². The molecule has 0 aliphatic heterocycles. The standard InChI is InChI=1S/C24H29NO/c1-16(24-13-17-9-18(14-24)11-19(10-17)15-24)25-23(26)12-21-7-4-6-20-5-2-3-8-22(20)21/h2-8,16-19H,9-15H2,1H3,(H,25,26). The zero-order chi connectivity index (χ0) is 17.7. The van der Waals surface area contributed by atoms with E-state index in [2.05, 4.69) is 54.7 Å². The maximum atomic E-state index is 12.8. The Bertz CT molecular complexity index is 798. The van der Waals surface area contributed by atoms with Gasteiger partial charge in [0.1, 0.15) is 0 Å². The second kappa shape index (κ2) is 6.11. The van der Waals surface area contributed by atoms with Gasteiger partial charge in [-0.25, -0.2) is 0 Å². The van der Waals surface area contributed by atoms with Gasteiger partial charge in [0.25, 0.3) is 0 Å². The van der Waals surface area contributed by atoms with Gasteiger partial charge < -0.3 is 5.32 Å². The minimum atomic E-state index is 0.185. The van der Waals surface area contributed by atoms with Gasteiger partial charge in [-0.15, -0.1) is 0 Å². The van der Waals surface area contributed by atoms with Crippen molar-refractivity contribution in [3.05, 3.63) is 48.0 Å². The molecule has 4 aliphatic carbocycles. The van der Waals surface area contributed by atoms with Crippen LogP contribution in [0.3, 0.4) is 0 Å². The minimum Gasteiger partial charge on any atom is -0.353 e. The van der Waals surface area contributed by atoms with E-state index in [-0.39, 0.29) is 5.91 Å². The molecule has 4 saturated carbocycles. The highest BCUT2D eigenvalue weighted by Crippen LogP contribution is 2.61. The van der Waals surface area contributed by atoms with Gasteiger partial charge in [0.15, 0.2) is 0 Å². The van der Waals surface area contributed by atoms with Crippen LogP contribution in [0.25, 0.3) is 10.8 Å². The van der Waals surface area contributed by atoms with Crippen molar-refractivity contribution >= 4 is 16.7 Å². The zero-order valence-corrected chi connectivity index (χ0v) is 15.7. The van der Waals surface area contributed by atoms with Crippen molar-refractivity contribution in [1.82, 2.24) is 5.32 Å². The summed E-state index contributed by atoms with van der Waals surface area (Å²) in [6.07, 6.45) is 8.87. The summed E-state index contributed by atoms with van der Waals surface area (Å²) in [4.78, 5) is 12.8. The van der Waals surface area contributed by atoms with Gasteiger partial charge in [-0.05, 0) is 85.0 Å². The Hall–Kier alpha value is -1.83. The first-order valence-electron chi connectivity index (χ1n) is 10.4. The molecule has 2 heteroatoms. The van der Waals surface area contributed by atoms with E-state index in [9.17, 15) is 4.79 Å². The number of nitrogens with one attached hydrogen (secondary N) is 1. The van der Waals surface area contributed by atoms with Crippen molar-refractivity contribution in [3.8, 4) is 0 Å². The molecule has 2 nitrogen and oxygen atoms in total. The van der Waals surface area contributed by atoms with Crippen LogP contribution in [-0.2, 0) is 11.2 Å². The quantitative estimate of drug-likeness (QED) is 0.819. The van der Waals surface area contributed by atoms with E-state index in [1.54, 1.807) is 0 Å². The molecule has 1 amide bonds. The second-order valence-corrected chi connectivity index (χ2v) is 9.38. The number of hydrogen-bond donors (Lipinski definition) is 1. The molecule has 1 unspecified atom stereocenters. The van der Waals surface area contributed by atoms with E-state index in [0.717, 1.165) is 23.3 Å². The molecule has 0 radical (unpaired) electrons. The fraction of sp³-hybridized carbons (Fsp3) is 0.542. The van der Waals surface area contributed by atoms with E-state index >= 15 is 0 Å². The van der Waals surface area contributed by atoms with Crippen LogP contribution in [0.2, 0.25) is 0 Å². The van der Waals surface area contributed by atoms with Crippen LogP contribution in [0.15, 0.2) is 42.5 Å². The van der Waals surface area contributed by atoms with Crippen molar-refractivity contribution in [3.63, 3.8) is 0 Å². The first kappa shape index (κ1) is 16.4. The molecule has 1 atom stereocenters. The van der Waals surface area contributed by atoms with Crippen LogP contribution >= 0.6 is 0 Å². The average Bonchev–Trinajstić information content (AvgIpc) is 2.61. The summed E-state index contributed by atoms with van der Waals surface area (Å²) in [6.45, 7) is 2.27. The minimum absolute atomic E-state index is 0.185. The molecule has 26 heavy (non-hydrogen) atoms. The van der Waals surface area contributed by atoms with E-state index in [1.165, 1.54) is 49.3 Å². The van der Waals surface area contributed by atoms with Crippen LogP contribution in [0, 0.1) is 23.2 Å². The van der Waals surface area contributed by atoms with Gasteiger partial charge in [-0.1, -0.05) is 42.5 Å². The number of fused-ring (bicyclic) bond motifs is 1. The third-order valence-electron chi connectivity index (χ3n) is 7.61. The van der Waals surface area contributed by atoms with E-state index < -0.39 is 0 Å². The van der Waals surface area contributed by atoms with Crippen LogP contribution in [0.4, 0.5) is 0 Å². The summed E-state index contributed by atoms with van der Waals surface area (Å²) in [5.41, 5.74) is 1.52. The summed E-state index contributed by atoms with van der Waals surface area (Å²) < 4.78 is 0. The fourth-order valence-corrected chi connectivity index (χ4v) is 6.77. The molecule has 136 valence electrons. The fourth-order valence-electron chi connectivity index (χ4n) is 6.77. The maximum Gasteiger partial charge on any atom is 0.224 e. The Kier molecular flexibility index (Phi) is 3.84. The molecule has 0 aromatic heterocycles. The van der Waals surface area contributed by atoms with E-state index in [4.69, 9.17) is 0 Å². The van der Waals surface area contributed by atoms with Crippen molar-refractivity contribution in [1.29, 1.82) is 0 Å². The van der Waals surface area contributed by atoms with Crippen LogP contribution in [-0.4, -0.2) is 11.9 Å². The lowest BCUT2D eigenvalue weighted by atomic mass is 9.48. The van der Waals surface area contributed by atoms with Gasteiger partial charge in [-0.2, -0.15) is 0 Å². The normalized spacial score (nSPS) is 33.3. The maximum absolute atomic E-state index is 12.8. The Morgan fingerprint density at radius 2 is 1.62 bits per heavy atom. The molecule has 4 fully saturated rings. The third kappa shape index (κ3) is 2.74. The molecule has 0 spiro atoms. The third-order valence-corrected chi connectivity index (χ3v) is 7.61. The van der Waals surface area contributed by atoms with Crippen molar-refractivity contribution in [2.24, 2.45) is 23.2 Å². The lowest BCUT2D eigenvalue weighted by Crippen LogP contribution is -2.56. The number of amides is 1. The molecule has 2 aromatic carbocycles. The first-order valence-corrected chi connectivity index (χ1v) is 10.4. The largest absolute Gasteiger partial charge is 0.353 e. The van der Waals surface area contributed by atoms with Crippen LogP contribution in [0.5, 0.6) is 0 Å². The number of hydrogen-bond acceptors (Lipinski definition) is 1. The van der Waals surface area contributed by atoms with Crippen LogP contribution < -0.4 is 5.32 Å². The van der Waals surface area contributed by atoms with Gasteiger partial charge >= 0.3 is 0 Å². The predicted molar refractivity (Wildman–Crippen MR) is 106 cm³/mol. The Morgan fingerprint density at radius 3 is 2.31 bits per heavy atom. The number of benzene rings is 2. The van der Waals surface area contributed by atoms with Gasteiger partial charge in [-0.3, -0.25) is 4.79 Å². The zero-order valence-electron chi connectivity index (χ0n) is 15.7. The SMILES string of the molecule is CC(NC(=O)Cc1cccc2ccccc12)C12CC3CC(CC(C3)C1)C2. The van der Waals surface area contributed by atoms with Crippen molar-refractivity contribution in [2.75, 3.05) is 0 Å². The van der Waals surface area contributed by atoms with Crippen molar-refractivity contribution in [2.45, 2.75) is 57.9 Å². The van der Waals surface area contributed by atoms with E-state index in [1.807, 2.05) is 0 Å². The molecular weight excluding hydrogens is 318 g/mol. The highest BCUT2D eigenvalue weighted by atomic mass is 16.1. The molecule has 0 heterocycles. The second-order valence-electron chi connectivity index (χ2n) is 9.38. The topological polar surface area (TPSA) is 29.1 Å². The Labute approximate surface area is 156 Å². The number of rotatable bonds is 4. The van der Waals surface area contributed by atoms with Crippen molar-refractivity contribution < 1.29 is 4.79 Å². The van der Waals surface area contributed by atoms with E-state index in [0.29, 0.717) is 17.9 Å². The molecule has 0 saturated heterocycles. The smallest absolute Gasteiger partial charge is 0.224 e. The van der Waals surface area contributed by atoms with Gasteiger partial charge in [0.2, 0.25) is 5.91 Å². The molecule has 4 bridgehead atoms. The molecule has 1 N–H and O–H groups in total. The highest BCUT2D eigenvalue weighted by molar-refractivity contribution is 5.90. The highest BCUT2D eigenvalue weighted by Gasteiger charge is 2.53. The molecular formula is C24H29NO. The summed E-state index contributed by atoms with van der Waals surface area (Å²) in [5.74, 6) is 2.97. The molecule has 6 rings (SSSR count). The summed E-state index contributed by atoms with van der Waals surface area (Å²) in [6, 6.07) is 14.9. The lowest BCUT2D eigenvalue weighted by molar-refractivity contribution is -0.125. The monoisotopic (exact) mass is 347 g/mol. The first-order chi connectivity index (χ1) is 12.6. The summed E-state index contributed by atoms with van der Waals surface area (Å²) in [5, 5.41) is 5.83. The summed E-state index contributed by atoms with van der Waals surface area (Å²) >= 11 is 0. The van der Waals surface area contributed by atoms with Crippen LogP contribution in [0.1, 0.15) is 51.0 Å². The Morgan fingerprint density at radius 1 is 1.00 bits per heavy atom. The lowest BCUT2D eigenvalue weighted by Gasteiger charge is -2.59. The summed E-state index contributed by atoms with van der Waals surface area (Å²) in [7, 11) is 0. The van der Waals surface area contributed by atoms with Gasteiger partial charge in [0, 0.05) is 6.04 Å².